The van der Waals surface area contributed by atoms with E-state index in [4.69, 9.17) is 9.66 Å². The number of nitro benzene ring substituents is 1. The van der Waals surface area contributed by atoms with Gasteiger partial charge in [0.25, 0.3) is 15.8 Å². The number of nitro groups is 1. The predicted molar refractivity (Wildman–Crippen MR) is 57.0 cm³/mol. The molecule has 0 saturated heterocycles. The van der Waals surface area contributed by atoms with Crippen LogP contribution in [0, 0.1) is 10.1 Å². The number of hydrogen-bond donors (Lipinski definition) is 2. The first-order chi connectivity index (χ1) is 7.23. The molecule has 0 radical (unpaired) electrons. The third-order valence-corrected chi connectivity index (χ3v) is 2.58. The van der Waals surface area contributed by atoms with Crippen LogP contribution in [0.5, 0.6) is 0 Å². The van der Waals surface area contributed by atoms with Gasteiger partial charge in [0.1, 0.15) is 4.90 Å². The Labute approximate surface area is 117 Å². The molecule has 0 aliphatic heterocycles. The van der Waals surface area contributed by atoms with Crippen LogP contribution in [0.3, 0.4) is 0 Å². The van der Waals surface area contributed by atoms with Gasteiger partial charge in [-0.05, 0) is 6.07 Å². The molecule has 10 heteroatoms. The maximum absolute atomic E-state index is 10.8. The maximum atomic E-state index is 10.8. The van der Waals surface area contributed by atoms with E-state index in [1.807, 2.05) is 0 Å². The molecule has 0 aliphatic rings. The molecule has 0 fully saturated rings. The molecule has 0 amide bonds. The normalized spacial score (nSPS) is 10.4. The Bertz CT molecular complexity index is 568. The Morgan fingerprint density at radius 1 is 1.35 bits per heavy atom. The van der Waals surface area contributed by atoms with Crippen LogP contribution in [0.2, 0.25) is 0 Å². The number of benzene rings is 1. The number of carboxylic acid groups (broad SMARTS) is 1. The van der Waals surface area contributed by atoms with E-state index in [1.165, 1.54) is 0 Å². The number of aromatic carboxylic acids is 1. The first kappa shape index (κ1) is 16.0. The molecule has 0 unspecified atom stereocenters. The van der Waals surface area contributed by atoms with Crippen molar-refractivity contribution in [1.29, 1.82) is 0 Å². The van der Waals surface area contributed by atoms with Crippen LogP contribution in [-0.4, -0.2) is 58.5 Å². The zero-order valence-electron chi connectivity index (χ0n) is 7.52. The van der Waals surface area contributed by atoms with Gasteiger partial charge in [0, 0.05) is 12.1 Å². The van der Waals surface area contributed by atoms with Crippen molar-refractivity contribution in [2.75, 3.05) is 0 Å². The van der Waals surface area contributed by atoms with Gasteiger partial charge in [0.15, 0.2) is 0 Å². The summed E-state index contributed by atoms with van der Waals surface area (Å²) < 4.78 is 30.3. The van der Waals surface area contributed by atoms with Crippen molar-refractivity contribution >= 4 is 51.3 Å². The van der Waals surface area contributed by atoms with E-state index in [2.05, 4.69) is 0 Å². The van der Waals surface area contributed by atoms with E-state index in [9.17, 15) is 23.3 Å². The number of carbonyl (C=O) groups is 1. The minimum absolute atomic E-state index is 0. The second kappa shape index (κ2) is 5.56. The van der Waals surface area contributed by atoms with Crippen LogP contribution in [-0.2, 0) is 10.1 Å². The molecule has 0 aliphatic carbocycles. The van der Waals surface area contributed by atoms with E-state index in [1.54, 1.807) is 0 Å². The average Bonchev–Trinajstić information content (AvgIpc) is 2.15. The second-order valence-corrected chi connectivity index (χ2v) is 4.11. The topological polar surface area (TPSA) is 135 Å². The van der Waals surface area contributed by atoms with E-state index in [-0.39, 0.29) is 29.6 Å². The Kier molecular flexibility index (Phi) is 5.23. The van der Waals surface area contributed by atoms with Crippen LogP contribution in [0.25, 0.3) is 0 Å². The Morgan fingerprint density at radius 2 is 1.88 bits per heavy atom. The van der Waals surface area contributed by atoms with Gasteiger partial charge in [-0.1, -0.05) is 0 Å². The van der Waals surface area contributed by atoms with E-state index in [0.717, 1.165) is 12.1 Å². The van der Waals surface area contributed by atoms with Crippen LogP contribution >= 0.6 is 0 Å². The van der Waals surface area contributed by atoms with E-state index < -0.39 is 37.2 Å². The van der Waals surface area contributed by atoms with Gasteiger partial charge < -0.3 is 5.11 Å². The quantitative estimate of drug-likeness (QED) is 0.339. The Hall–Kier alpha value is -1.000. The number of nitrogens with zero attached hydrogens (tertiary/aromatic N) is 1. The molecule has 0 saturated carbocycles. The summed E-state index contributed by atoms with van der Waals surface area (Å²) in [5, 5.41) is 19.0. The van der Waals surface area contributed by atoms with Crippen molar-refractivity contribution in [3.8, 4) is 0 Å². The van der Waals surface area contributed by atoms with Crippen molar-refractivity contribution in [2.24, 2.45) is 0 Å². The predicted octanol–water partition coefficient (Wildman–Crippen LogP) is -0.109. The molecule has 2 N–H and O–H groups in total. The monoisotopic (exact) mass is 271 g/mol. The minimum atomic E-state index is -4.82. The molecular formula is C7H6NNaO7S. The molecule has 8 nitrogen and oxygen atoms in total. The fourth-order valence-electron chi connectivity index (χ4n) is 1.01. The summed E-state index contributed by atoms with van der Waals surface area (Å²) >= 11 is 0. The Morgan fingerprint density at radius 3 is 2.24 bits per heavy atom. The molecule has 1 rings (SSSR count). The molecular weight excluding hydrogens is 265 g/mol. The summed E-state index contributed by atoms with van der Waals surface area (Å²) in [4.78, 5) is 19.0. The van der Waals surface area contributed by atoms with Gasteiger partial charge in [-0.15, -0.1) is 0 Å². The van der Waals surface area contributed by atoms with Gasteiger partial charge in [-0.3, -0.25) is 14.7 Å². The first-order valence-electron chi connectivity index (χ1n) is 3.72. The molecule has 0 heterocycles. The van der Waals surface area contributed by atoms with Crippen molar-refractivity contribution in [1.82, 2.24) is 0 Å². The van der Waals surface area contributed by atoms with Gasteiger partial charge in [-0.25, -0.2) is 4.79 Å². The summed E-state index contributed by atoms with van der Waals surface area (Å²) in [5.41, 5.74) is -1.36. The van der Waals surface area contributed by atoms with Crippen molar-refractivity contribution < 1.29 is 27.8 Å². The summed E-state index contributed by atoms with van der Waals surface area (Å²) in [6.07, 6.45) is 0. The van der Waals surface area contributed by atoms with Crippen LogP contribution in [0.15, 0.2) is 23.1 Å². The van der Waals surface area contributed by atoms with Crippen LogP contribution in [0.1, 0.15) is 10.4 Å². The van der Waals surface area contributed by atoms with Gasteiger partial charge in [0.05, 0.1) is 10.5 Å². The number of rotatable bonds is 3. The van der Waals surface area contributed by atoms with Gasteiger partial charge >= 0.3 is 35.5 Å². The molecule has 0 atom stereocenters. The summed E-state index contributed by atoms with van der Waals surface area (Å²) in [6.45, 7) is 0. The van der Waals surface area contributed by atoms with Gasteiger partial charge in [-0.2, -0.15) is 8.42 Å². The molecule has 17 heavy (non-hydrogen) atoms. The SMILES string of the molecule is O=C(O)c1ccc([N+](=O)[O-])cc1S(=O)(=O)O.[NaH]. The zero-order valence-corrected chi connectivity index (χ0v) is 8.34. The van der Waals surface area contributed by atoms with E-state index in [0.29, 0.717) is 6.07 Å². The molecule has 1 aromatic carbocycles. The third-order valence-electron chi connectivity index (χ3n) is 1.68. The fraction of sp³-hybridized carbons (Fsp3) is 0. The first-order valence-corrected chi connectivity index (χ1v) is 5.16. The fourth-order valence-corrected chi connectivity index (χ4v) is 1.72. The van der Waals surface area contributed by atoms with Crippen LogP contribution in [0.4, 0.5) is 5.69 Å². The standard InChI is InChI=1S/C7H5NO7S.Na.H/c9-7(10)5-2-1-4(8(11)12)3-6(5)16(13,14)15;;/h1-3H,(H,9,10)(H,13,14,15);;. The van der Waals surface area contributed by atoms with Crippen molar-refractivity contribution in [3.63, 3.8) is 0 Å². The zero-order chi connectivity index (χ0) is 12.5. The van der Waals surface area contributed by atoms with E-state index >= 15 is 0 Å². The molecule has 88 valence electrons. The van der Waals surface area contributed by atoms with Crippen molar-refractivity contribution in [2.45, 2.75) is 4.90 Å². The molecule has 0 aromatic heterocycles. The average molecular weight is 271 g/mol. The van der Waals surface area contributed by atoms with Gasteiger partial charge in [0.2, 0.25) is 0 Å². The molecule has 0 bridgehead atoms. The number of hydrogen-bond acceptors (Lipinski definition) is 5. The number of non-ortho nitro benzene ring substituents is 1. The molecule has 1 aromatic rings. The summed E-state index contributed by atoms with van der Waals surface area (Å²) in [5.74, 6) is -1.61. The molecule has 0 spiro atoms. The van der Waals surface area contributed by atoms with Crippen LogP contribution < -0.4 is 0 Å². The summed E-state index contributed by atoms with van der Waals surface area (Å²) in [7, 11) is -4.82. The summed E-state index contributed by atoms with van der Waals surface area (Å²) in [6, 6.07) is 2.06. The van der Waals surface area contributed by atoms with Crippen molar-refractivity contribution in [3.05, 3.63) is 33.9 Å². The second-order valence-electron chi connectivity index (χ2n) is 2.72. The Balaban J connectivity index is 0.00000256. The number of carboxylic acids is 1. The third kappa shape index (κ3) is 3.75.